The van der Waals surface area contributed by atoms with Crippen molar-refractivity contribution in [2.24, 2.45) is 17.8 Å². The maximum Gasteiger partial charge on any atom is 0.235 e. The van der Waals surface area contributed by atoms with Crippen molar-refractivity contribution in [1.29, 1.82) is 0 Å². The molecule has 0 saturated heterocycles. The average Bonchev–Trinajstić information content (AvgIpc) is 3.32. The van der Waals surface area contributed by atoms with Gasteiger partial charge in [-0.2, -0.15) is 0 Å². The zero-order chi connectivity index (χ0) is 25.7. The van der Waals surface area contributed by atoms with E-state index in [1.54, 1.807) is 6.26 Å². The van der Waals surface area contributed by atoms with Crippen LogP contribution in [0.25, 0.3) is 21.9 Å². The Labute approximate surface area is 212 Å². The highest BCUT2D eigenvalue weighted by Gasteiger charge is 2.32. The molecule has 36 heavy (non-hydrogen) atoms. The Kier molecular flexibility index (Phi) is 8.04. The van der Waals surface area contributed by atoms with Crippen LogP contribution in [0.4, 0.5) is 0 Å². The molecule has 2 aromatic carbocycles. The maximum atomic E-state index is 13.8. The minimum absolute atomic E-state index is 0.143. The number of amides is 2. The van der Waals surface area contributed by atoms with Crippen molar-refractivity contribution in [3.05, 3.63) is 78.2 Å². The lowest BCUT2D eigenvalue weighted by atomic mass is 9.97. The summed E-state index contributed by atoms with van der Waals surface area (Å²) >= 11 is 0. The first-order chi connectivity index (χ1) is 17.3. The summed E-state index contributed by atoms with van der Waals surface area (Å²) in [6.45, 7) is 9.92. The first-order valence-electron chi connectivity index (χ1n) is 12.7. The maximum absolute atomic E-state index is 13.8. The van der Waals surface area contributed by atoms with Gasteiger partial charge in [-0.15, -0.1) is 0 Å². The van der Waals surface area contributed by atoms with Gasteiger partial charge in [0, 0.05) is 42.5 Å². The molecule has 0 radical (unpaired) electrons. The van der Waals surface area contributed by atoms with Crippen LogP contribution < -0.4 is 5.32 Å². The van der Waals surface area contributed by atoms with Gasteiger partial charge in [0.25, 0.3) is 0 Å². The molecule has 2 heterocycles. The molecule has 0 aliphatic rings. The lowest BCUT2D eigenvalue weighted by Crippen LogP contribution is -2.47. The molecule has 188 valence electrons. The van der Waals surface area contributed by atoms with Crippen LogP contribution in [0, 0.1) is 17.8 Å². The van der Waals surface area contributed by atoms with Crippen molar-refractivity contribution in [1.82, 2.24) is 15.2 Å². The second-order valence-electron chi connectivity index (χ2n) is 10.3. The van der Waals surface area contributed by atoms with Crippen LogP contribution in [0.5, 0.6) is 0 Å². The molecule has 0 aliphatic heterocycles. The normalized spacial score (nSPS) is 12.4. The first-order valence-corrected chi connectivity index (χ1v) is 12.7. The Bertz CT molecular complexity index is 1330. The second kappa shape index (κ2) is 11.4. The molecule has 1 N–H and O–H groups in total. The highest BCUT2D eigenvalue weighted by atomic mass is 16.3. The van der Waals surface area contributed by atoms with E-state index in [9.17, 15) is 9.59 Å². The molecule has 2 amide bonds. The van der Waals surface area contributed by atoms with E-state index in [2.05, 4.69) is 33.0 Å². The van der Waals surface area contributed by atoms with Gasteiger partial charge < -0.3 is 14.6 Å². The highest BCUT2D eigenvalue weighted by Crippen LogP contribution is 2.19. The molecule has 0 fully saturated rings. The predicted octanol–water partition coefficient (Wildman–Crippen LogP) is 5.60. The number of nitrogens with zero attached hydrogens (tertiary/aromatic N) is 2. The smallest absolute Gasteiger partial charge is 0.235 e. The number of para-hydroxylation sites is 1. The number of carbonyl (C=O) groups is 2. The standard InChI is InChI=1S/C30H35N3O3/c1-20(2)18-33(19-21(3)4)30(35)26(16-25-11-10-23-7-5-6-8-27(23)32-25)29(34)31-17-22-9-12-28-24(15-22)13-14-36-28/h5-15,20-21,26H,16-19H2,1-4H3,(H,31,34). The summed E-state index contributed by atoms with van der Waals surface area (Å²) in [7, 11) is 0. The lowest BCUT2D eigenvalue weighted by Gasteiger charge is -2.30. The van der Waals surface area contributed by atoms with Crippen LogP contribution in [-0.4, -0.2) is 34.8 Å². The predicted molar refractivity (Wildman–Crippen MR) is 143 cm³/mol. The molecular formula is C30H35N3O3. The number of carbonyl (C=O) groups excluding carboxylic acids is 2. The number of fused-ring (bicyclic) bond motifs is 2. The van der Waals surface area contributed by atoms with Crippen molar-refractivity contribution in [2.45, 2.75) is 40.7 Å². The van der Waals surface area contributed by atoms with Gasteiger partial charge in [0.2, 0.25) is 11.8 Å². The van der Waals surface area contributed by atoms with Gasteiger partial charge in [0.1, 0.15) is 11.5 Å². The first kappa shape index (κ1) is 25.4. The van der Waals surface area contributed by atoms with Gasteiger partial charge >= 0.3 is 0 Å². The third-order valence-electron chi connectivity index (χ3n) is 6.15. The largest absolute Gasteiger partial charge is 0.464 e. The highest BCUT2D eigenvalue weighted by molar-refractivity contribution is 6.00. The number of rotatable bonds is 10. The summed E-state index contributed by atoms with van der Waals surface area (Å²) in [5.74, 6) is -0.669. The van der Waals surface area contributed by atoms with Crippen molar-refractivity contribution >= 4 is 33.7 Å². The topological polar surface area (TPSA) is 75.4 Å². The summed E-state index contributed by atoms with van der Waals surface area (Å²) in [5.41, 5.74) is 3.35. The number of hydrogen-bond donors (Lipinski definition) is 1. The van der Waals surface area contributed by atoms with Crippen LogP contribution >= 0.6 is 0 Å². The molecule has 0 bridgehead atoms. The molecular weight excluding hydrogens is 450 g/mol. The van der Waals surface area contributed by atoms with Crippen LogP contribution in [0.1, 0.15) is 39.0 Å². The number of nitrogens with one attached hydrogen (secondary N) is 1. The summed E-state index contributed by atoms with van der Waals surface area (Å²) in [5, 5.41) is 5.02. The Balaban J connectivity index is 1.58. The number of benzene rings is 2. The molecule has 2 aromatic heterocycles. The van der Waals surface area contributed by atoms with Gasteiger partial charge in [-0.1, -0.05) is 58.0 Å². The molecule has 6 heteroatoms. The zero-order valence-electron chi connectivity index (χ0n) is 21.5. The molecule has 1 atom stereocenters. The monoisotopic (exact) mass is 485 g/mol. The SMILES string of the molecule is CC(C)CN(CC(C)C)C(=O)C(Cc1ccc2ccccc2n1)C(=O)NCc1ccc2occc2c1. The van der Waals surface area contributed by atoms with E-state index in [0.29, 0.717) is 31.5 Å². The number of pyridine rings is 1. The van der Waals surface area contributed by atoms with E-state index < -0.39 is 5.92 Å². The van der Waals surface area contributed by atoms with Crippen LogP contribution in [0.15, 0.2) is 71.3 Å². The Hall–Kier alpha value is -3.67. The molecule has 0 aliphatic carbocycles. The van der Waals surface area contributed by atoms with Crippen molar-refractivity contribution in [2.75, 3.05) is 13.1 Å². The van der Waals surface area contributed by atoms with Gasteiger partial charge in [0.05, 0.1) is 11.8 Å². The average molecular weight is 486 g/mol. The number of hydrogen-bond acceptors (Lipinski definition) is 4. The van der Waals surface area contributed by atoms with Gasteiger partial charge in [0.15, 0.2) is 0 Å². The van der Waals surface area contributed by atoms with E-state index in [1.165, 1.54) is 0 Å². The fourth-order valence-corrected chi connectivity index (χ4v) is 4.52. The summed E-state index contributed by atoms with van der Waals surface area (Å²) in [6, 6.07) is 19.5. The summed E-state index contributed by atoms with van der Waals surface area (Å²) in [6.07, 6.45) is 1.90. The Morgan fingerprint density at radius 3 is 2.42 bits per heavy atom. The molecule has 0 spiro atoms. The van der Waals surface area contributed by atoms with E-state index in [0.717, 1.165) is 33.1 Å². The Morgan fingerprint density at radius 2 is 1.67 bits per heavy atom. The Morgan fingerprint density at radius 1 is 0.917 bits per heavy atom. The molecule has 6 nitrogen and oxygen atoms in total. The minimum Gasteiger partial charge on any atom is -0.464 e. The molecule has 0 saturated carbocycles. The minimum atomic E-state index is -0.853. The van der Waals surface area contributed by atoms with Gasteiger partial charge in [-0.25, -0.2) is 0 Å². The van der Waals surface area contributed by atoms with Crippen LogP contribution in [0.3, 0.4) is 0 Å². The molecule has 4 rings (SSSR count). The van der Waals surface area contributed by atoms with E-state index in [1.807, 2.05) is 65.6 Å². The van der Waals surface area contributed by atoms with Crippen molar-refractivity contribution in [3.8, 4) is 0 Å². The van der Waals surface area contributed by atoms with Gasteiger partial charge in [-0.05, 0) is 47.7 Å². The van der Waals surface area contributed by atoms with E-state index >= 15 is 0 Å². The fourth-order valence-electron chi connectivity index (χ4n) is 4.52. The quantitative estimate of drug-likeness (QED) is 0.297. The zero-order valence-corrected chi connectivity index (χ0v) is 21.5. The van der Waals surface area contributed by atoms with Gasteiger partial charge in [-0.3, -0.25) is 14.6 Å². The second-order valence-corrected chi connectivity index (χ2v) is 10.3. The summed E-state index contributed by atoms with van der Waals surface area (Å²) < 4.78 is 5.41. The third-order valence-corrected chi connectivity index (χ3v) is 6.15. The van der Waals surface area contributed by atoms with Crippen LogP contribution in [0.2, 0.25) is 0 Å². The summed E-state index contributed by atoms with van der Waals surface area (Å²) in [4.78, 5) is 33.9. The number of furan rings is 1. The van der Waals surface area contributed by atoms with E-state index in [4.69, 9.17) is 9.40 Å². The molecule has 4 aromatic rings. The third kappa shape index (κ3) is 6.30. The number of aromatic nitrogens is 1. The molecule has 1 unspecified atom stereocenters. The van der Waals surface area contributed by atoms with E-state index in [-0.39, 0.29) is 18.2 Å². The lowest BCUT2D eigenvalue weighted by molar-refractivity contribution is -0.143. The van der Waals surface area contributed by atoms with Crippen molar-refractivity contribution < 1.29 is 14.0 Å². The van der Waals surface area contributed by atoms with Crippen LogP contribution in [-0.2, 0) is 22.6 Å². The van der Waals surface area contributed by atoms with Crippen molar-refractivity contribution in [3.63, 3.8) is 0 Å². The fraction of sp³-hybridized carbons (Fsp3) is 0.367.